The molecule has 0 radical (unpaired) electrons. The van der Waals surface area contributed by atoms with Crippen LogP contribution >= 0.6 is 0 Å². The van der Waals surface area contributed by atoms with E-state index in [1.165, 1.54) is 0 Å². The van der Waals surface area contributed by atoms with Gasteiger partial charge in [-0.05, 0) is 19.4 Å². The summed E-state index contributed by atoms with van der Waals surface area (Å²) in [6, 6.07) is 1.88. The summed E-state index contributed by atoms with van der Waals surface area (Å²) in [6.07, 6.45) is 5.37. The van der Waals surface area contributed by atoms with Gasteiger partial charge in [-0.3, -0.25) is 4.79 Å². The van der Waals surface area contributed by atoms with Crippen LogP contribution in [0.3, 0.4) is 0 Å². The van der Waals surface area contributed by atoms with Gasteiger partial charge in [0.15, 0.2) is 5.78 Å². The molecule has 0 N–H and O–H groups in total. The van der Waals surface area contributed by atoms with Crippen LogP contribution in [0.5, 0.6) is 0 Å². The molecule has 1 heterocycles. The summed E-state index contributed by atoms with van der Waals surface area (Å²) in [5.41, 5.74) is 0.813. The van der Waals surface area contributed by atoms with Gasteiger partial charge in [0.2, 0.25) is 0 Å². The molecule has 15 heavy (non-hydrogen) atoms. The van der Waals surface area contributed by atoms with E-state index in [9.17, 15) is 4.79 Å². The van der Waals surface area contributed by atoms with Gasteiger partial charge in [0.05, 0.1) is 6.61 Å². The second kappa shape index (κ2) is 6.40. The molecule has 0 aromatic carbocycles. The Bertz CT molecular complexity index is 304. The molecule has 0 spiro atoms. The fourth-order valence-corrected chi connectivity index (χ4v) is 1.43. The lowest BCUT2D eigenvalue weighted by Gasteiger charge is -2.02. The summed E-state index contributed by atoms with van der Waals surface area (Å²) in [5, 5.41) is 0. The molecule has 84 valence electrons. The van der Waals surface area contributed by atoms with Gasteiger partial charge in [0.1, 0.15) is 0 Å². The van der Waals surface area contributed by atoms with Crippen molar-refractivity contribution in [3.8, 4) is 0 Å². The Hall–Kier alpha value is -1.09. The highest BCUT2D eigenvalue weighted by molar-refractivity contribution is 5.95. The zero-order valence-electron chi connectivity index (χ0n) is 9.53. The van der Waals surface area contributed by atoms with E-state index in [-0.39, 0.29) is 5.78 Å². The van der Waals surface area contributed by atoms with Crippen molar-refractivity contribution in [1.82, 2.24) is 4.57 Å². The highest BCUT2D eigenvalue weighted by Gasteiger charge is 2.05. The number of nitrogens with zero attached hydrogens (tertiary/aromatic N) is 1. The van der Waals surface area contributed by atoms with Gasteiger partial charge >= 0.3 is 0 Å². The molecule has 0 unspecified atom stereocenters. The van der Waals surface area contributed by atoms with Crippen LogP contribution in [0.4, 0.5) is 0 Å². The lowest BCUT2D eigenvalue weighted by molar-refractivity contribution is 0.0981. The first kappa shape index (κ1) is 12.0. The highest BCUT2D eigenvalue weighted by atomic mass is 16.5. The number of aromatic nitrogens is 1. The Kier molecular flexibility index (Phi) is 5.12. The van der Waals surface area contributed by atoms with E-state index in [1.54, 1.807) is 0 Å². The molecule has 1 aromatic heterocycles. The average molecular weight is 209 g/mol. The second-order valence-electron chi connectivity index (χ2n) is 3.51. The van der Waals surface area contributed by atoms with Crippen LogP contribution in [-0.2, 0) is 11.3 Å². The predicted molar refractivity (Wildman–Crippen MR) is 60.2 cm³/mol. The minimum Gasteiger partial charge on any atom is -0.380 e. The molecule has 1 rings (SSSR count). The largest absolute Gasteiger partial charge is 0.380 e. The molecule has 0 aliphatic carbocycles. The predicted octanol–water partition coefficient (Wildman–Crippen LogP) is 2.51. The maximum atomic E-state index is 11.5. The molecular weight excluding hydrogens is 190 g/mol. The SMILES string of the molecule is CCCC(=O)c1ccn(CCOCC)c1. The normalized spacial score (nSPS) is 10.5. The number of rotatable bonds is 7. The van der Waals surface area contributed by atoms with Crippen LogP contribution in [0.15, 0.2) is 18.5 Å². The van der Waals surface area contributed by atoms with Crippen molar-refractivity contribution < 1.29 is 9.53 Å². The Morgan fingerprint density at radius 2 is 2.27 bits per heavy atom. The number of carbonyl (C=O) groups is 1. The quantitative estimate of drug-likeness (QED) is 0.510. The van der Waals surface area contributed by atoms with Crippen LogP contribution in [0.1, 0.15) is 37.0 Å². The second-order valence-corrected chi connectivity index (χ2v) is 3.51. The van der Waals surface area contributed by atoms with Crippen molar-refractivity contribution in [2.24, 2.45) is 0 Å². The molecule has 3 heteroatoms. The number of Topliss-reactive ketones (excluding diaryl/α,β-unsaturated/α-hetero) is 1. The first-order valence-electron chi connectivity index (χ1n) is 5.54. The number of hydrogen-bond acceptors (Lipinski definition) is 2. The number of ether oxygens (including phenoxy) is 1. The van der Waals surface area contributed by atoms with Crippen LogP contribution in [0.25, 0.3) is 0 Å². The van der Waals surface area contributed by atoms with E-state index in [2.05, 4.69) is 0 Å². The highest BCUT2D eigenvalue weighted by Crippen LogP contribution is 2.06. The van der Waals surface area contributed by atoms with Crippen molar-refractivity contribution >= 4 is 5.78 Å². The maximum absolute atomic E-state index is 11.5. The molecule has 0 aliphatic rings. The molecule has 0 fully saturated rings. The third-order valence-electron chi connectivity index (χ3n) is 2.25. The van der Waals surface area contributed by atoms with Crippen molar-refractivity contribution in [3.05, 3.63) is 24.0 Å². The fourth-order valence-electron chi connectivity index (χ4n) is 1.43. The van der Waals surface area contributed by atoms with Crippen LogP contribution in [0, 0.1) is 0 Å². The van der Waals surface area contributed by atoms with E-state index in [1.807, 2.05) is 36.9 Å². The van der Waals surface area contributed by atoms with Gasteiger partial charge in [0.25, 0.3) is 0 Å². The third kappa shape index (κ3) is 3.88. The molecule has 0 atom stereocenters. The summed E-state index contributed by atoms with van der Waals surface area (Å²) < 4.78 is 7.25. The average Bonchev–Trinajstić information content (AvgIpc) is 2.67. The lowest BCUT2D eigenvalue weighted by Crippen LogP contribution is -2.04. The van der Waals surface area contributed by atoms with Gasteiger partial charge < -0.3 is 9.30 Å². The first-order chi connectivity index (χ1) is 7.27. The molecule has 0 saturated carbocycles. The summed E-state index contributed by atoms with van der Waals surface area (Å²) in [6.45, 7) is 6.25. The van der Waals surface area contributed by atoms with Gasteiger partial charge in [-0.1, -0.05) is 6.92 Å². The van der Waals surface area contributed by atoms with Crippen molar-refractivity contribution in [2.45, 2.75) is 33.2 Å². The van der Waals surface area contributed by atoms with Crippen LogP contribution in [0.2, 0.25) is 0 Å². The molecule has 3 nitrogen and oxygen atoms in total. The smallest absolute Gasteiger partial charge is 0.164 e. The van der Waals surface area contributed by atoms with E-state index < -0.39 is 0 Å². The maximum Gasteiger partial charge on any atom is 0.164 e. The van der Waals surface area contributed by atoms with Crippen LogP contribution < -0.4 is 0 Å². The Balaban J connectivity index is 2.45. The zero-order chi connectivity index (χ0) is 11.1. The van der Waals surface area contributed by atoms with E-state index in [0.717, 1.165) is 25.1 Å². The van der Waals surface area contributed by atoms with E-state index in [0.29, 0.717) is 13.0 Å². The standard InChI is InChI=1S/C12H19NO2/c1-3-5-12(14)11-6-7-13(10-11)8-9-15-4-2/h6-7,10H,3-5,8-9H2,1-2H3. The van der Waals surface area contributed by atoms with Gasteiger partial charge in [-0.2, -0.15) is 0 Å². The van der Waals surface area contributed by atoms with E-state index >= 15 is 0 Å². The minimum absolute atomic E-state index is 0.229. The number of ketones is 1. The molecule has 1 aromatic rings. The minimum atomic E-state index is 0.229. The Morgan fingerprint density at radius 1 is 1.47 bits per heavy atom. The zero-order valence-corrected chi connectivity index (χ0v) is 9.53. The van der Waals surface area contributed by atoms with Crippen molar-refractivity contribution in [2.75, 3.05) is 13.2 Å². The Morgan fingerprint density at radius 3 is 2.93 bits per heavy atom. The first-order valence-corrected chi connectivity index (χ1v) is 5.54. The monoisotopic (exact) mass is 209 g/mol. The lowest BCUT2D eigenvalue weighted by atomic mass is 10.1. The van der Waals surface area contributed by atoms with Gasteiger partial charge in [-0.15, -0.1) is 0 Å². The summed E-state index contributed by atoms with van der Waals surface area (Å²) in [5.74, 6) is 0.229. The fraction of sp³-hybridized carbons (Fsp3) is 0.583. The van der Waals surface area contributed by atoms with E-state index in [4.69, 9.17) is 4.74 Å². The summed E-state index contributed by atoms with van der Waals surface area (Å²) >= 11 is 0. The molecule has 0 saturated heterocycles. The Labute approximate surface area is 91.0 Å². The van der Waals surface area contributed by atoms with Crippen molar-refractivity contribution in [1.29, 1.82) is 0 Å². The molecule has 0 amide bonds. The number of hydrogen-bond donors (Lipinski definition) is 0. The molecule has 0 aliphatic heterocycles. The molecule has 0 bridgehead atoms. The van der Waals surface area contributed by atoms with Crippen molar-refractivity contribution in [3.63, 3.8) is 0 Å². The van der Waals surface area contributed by atoms with Gasteiger partial charge in [-0.25, -0.2) is 0 Å². The molecular formula is C12H19NO2. The third-order valence-corrected chi connectivity index (χ3v) is 2.25. The van der Waals surface area contributed by atoms with Gasteiger partial charge in [0, 0.05) is 37.5 Å². The number of carbonyl (C=O) groups excluding carboxylic acids is 1. The summed E-state index contributed by atoms with van der Waals surface area (Å²) in [4.78, 5) is 11.5. The van der Waals surface area contributed by atoms with Crippen LogP contribution in [-0.4, -0.2) is 23.6 Å². The topological polar surface area (TPSA) is 31.2 Å². The summed E-state index contributed by atoms with van der Waals surface area (Å²) in [7, 11) is 0.